The van der Waals surface area contributed by atoms with Gasteiger partial charge in [-0.15, -0.1) is 0 Å². The second-order valence-electron chi connectivity index (χ2n) is 6.27. The van der Waals surface area contributed by atoms with Crippen LogP contribution in [0.15, 0.2) is 72.8 Å². The van der Waals surface area contributed by atoms with Gasteiger partial charge in [-0.1, -0.05) is 54.6 Å². The predicted molar refractivity (Wildman–Crippen MR) is 107 cm³/mol. The molecule has 0 aliphatic carbocycles. The standard InChI is InChI=1S/C22H14N2O4/c25-22-18-13-17(12-11-15-7-3-1-4-8-15)19(24(27)28)14-20(18)23(26)21(22)16-9-5-2-6-10-16/h1-14H/b12-11+. The molecule has 0 amide bonds. The van der Waals surface area contributed by atoms with Gasteiger partial charge in [0.25, 0.3) is 17.2 Å². The minimum Gasteiger partial charge on any atom is -0.618 e. The molecule has 0 N–H and O–H groups in total. The summed E-state index contributed by atoms with van der Waals surface area (Å²) in [4.78, 5) is 23.8. The summed E-state index contributed by atoms with van der Waals surface area (Å²) in [6, 6.07) is 20.4. The number of nitro groups is 1. The Bertz CT molecular complexity index is 1150. The Hall–Kier alpha value is -4.06. The average molecular weight is 370 g/mol. The van der Waals surface area contributed by atoms with Crippen molar-refractivity contribution in [2.24, 2.45) is 0 Å². The maximum atomic E-state index is 12.8. The number of carbonyl (C=O) groups is 1. The third-order valence-electron chi connectivity index (χ3n) is 4.53. The lowest BCUT2D eigenvalue weighted by Crippen LogP contribution is -2.16. The Morgan fingerprint density at radius 3 is 2.18 bits per heavy atom. The highest BCUT2D eigenvalue weighted by atomic mass is 16.6. The number of ketones is 1. The topological polar surface area (TPSA) is 86.3 Å². The van der Waals surface area contributed by atoms with Gasteiger partial charge in [-0.2, -0.15) is 4.74 Å². The molecule has 6 heteroatoms. The summed E-state index contributed by atoms with van der Waals surface area (Å²) in [5.74, 6) is -0.444. The third kappa shape index (κ3) is 2.97. The minimum absolute atomic E-state index is 0.00702. The molecule has 1 aliphatic heterocycles. The Kier molecular flexibility index (Phi) is 4.29. The van der Waals surface area contributed by atoms with Gasteiger partial charge in [-0.25, -0.2) is 0 Å². The molecule has 136 valence electrons. The fourth-order valence-corrected chi connectivity index (χ4v) is 3.17. The molecule has 1 heterocycles. The van der Waals surface area contributed by atoms with Crippen molar-refractivity contribution in [3.8, 4) is 0 Å². The molecule has 4 rings (SSSR count). The van der Waals surface area contributed by atoms with Crippen LogP contribution in [0.2, 0.25) is 0 Å². The van der Waals surface area contributed by atoms with Gasteiger partial charge in [0.05, 0.1) is 22.1 Å². The predicted octanol–water partition coefficient (Wildman–Crippen LogP) is 4.59. The molecule has 3 aromatic carbocycles. The summed E-state index contributed by atoms with van der Waals surface area (Å²) in [5, 5.41) is 24.2. The Labute approximate surface area is 160 Å². The number of benzene rings is 3. The van der Waals surface area contributed by atoms with Gasteiger partial charge in [0.2, 0.25) is 5.69 Å². The van der Waals surface area contributed by atoms with Crippen LogP contribution in [-0.4, -0.2) is 21.2 Å². The summed E-state index contributed by atoms with van der Waals surface area (Å²) in [6.45, 7) is 0. The van der Waals surface area contributed by atoms with Crippen LogP contribution in [0.3, 0.4) is 0 Å². The van der Waals surface area contributed by atoms with E-state index in [1.54, 1.807) is 42.5 Å². The monoisotopic (exact) mass is 370 g/mol. The van der Waals surface area contributed by atoms with E-state index in [0.717, 1.165) is 5.56 Å². The molecule has 6 nitrogen and oxygen atoms in total. The first-order valence-corrected chi connectivity index (χ1v) is 8.56. The third-order valence-corrected chi connectivity index (χ3v) is 4.53. The van der Waals surface area contributed by atoms with Crippen LogP contribution in [0.25, 0.3) is 12.2 Å². The van der Waals surface area contributed by atoms with Crippen LogP contribution in [0, 0.1) is 15.3 Å². The van der Waals surface area contributed by atoms with Gasteiger partial charge < -0.3 is 5.21 Å². The van der Waals surface area contributed by atoms with Gasteiger partial charge in [0.15, 0.2) is 0 Å². The van der Waals surface area contributed by atoms with Crippen molar-refractivity contribution in [1.29, 1.82) is 0 Å². The molecule has 1 aliphatic rings. The average Bonchev–Trinajstić information content (AvgIpc) is 2.96. The van der Waals surface area contributed by atoms with Gasteiger partial charge >= 0.3 is 0 Å². The highest BCUT2D eigenvalue weighted by Gasteiger charge is 2.38. The number of rotatable bonds is 4. The van der Waals surface area contributed by atoms with E-state index in [1.807, 2.05) is 30.3 Å². The Morgan fingerprint density at radius 1 is 0.893 bits per heavy atom. The first-order chi connectivity index (χ1) is 13.6. The van der Waals surface area contributed by atoms with Crippen molar-refractivity contribution in [2.75, 3.05) is 0 Å². The molecule has 3 aromatic rings. The zero-order chi connectivity index (χ0) is 19.7. The molecule has 0 aromatic heterocycles. The lowest BCUT2D eigenvalue weighted by Gasteiger charge is -2.03. The number of hydrogen-bond donors (Lipinski definition) is 0. The Balaban J connectivity index is 1.82. The van der Waals surface area contributed by atoms with E-state index in [4.69, 9.17) is 0 Å². The van der Waals surface area contributed by atoms with E-state index in [-0.39, 0.29) is 28.2 Å². The highest BCUT2D eigenvalue weighted by molar-refractivity contribution is 6.52. The lowest BCUT2D eigenvalue weighted by molar-refractivity contribution is -0.387. The summed E-state index contributed by atoms with van der Waals surface area (Å²) in [5.41, 5.74) is 1.50. The van der Waals surface area contributed by atoms with Gasteiger partial charge in [0, 0.05) is 0 Å². The van der Waals surface area contributed by atoms with Crippen LogP contribution in [0.1, 0.15) is 27.0 Å². The summed E-state index contributed by atoms with van der Waals surface area (Å²) >= 11 is 0. The van der Waals surface area contributed by atoms with E-state index in [9.17, 15) is 20.1 Å². The van der Waals surface area contributed by atoms with Crippen LogP contribution in [0.4, 0.5) is 11.4 Å². The quantitative estimate of drug-likeness (QED) is 0.221. The molecule has 0 unspecified atom stereocenters. The second kappa shape index (κ2) is 6.92. The molecular weight excluding hydrogens is 356 g/mol. The van der Waals surface area contributed by atoms with E-state index < -0.39 is 10.7 Å². The molecule has 0 spiro atoms. The van der Waals surface area contributed by atoms with Crippen LogP contribution in [-0.2, 0) is 0 Å². The Morgan fingerprint density at radius 2 is 1.54 bits per heavy atom. The van der Waals surface area contributed by atoms with Crippen molar-refractivity contribution < 1.29 is 14.5 Å². The number of nitro benzene ring substituents is 1. The zero-order valence-corrected chi connectivity index (χ0v) is 14.6. The maximum absolute atomic E-state index is 12.8. The summed E-state index contributed by atoms with van der Waals surface area (Å²) in [7, 11) is 0. The van der Waals surface area contributed by atoms with E-state index in [2.05, 4.69) is 0 Å². The second-order valence-corrected chi connectivity index (χ2v) is 6.27. The van der Waals surface area contributed by atoms with Crippen molar-refractivity contribution in [3.05, 3.63) is 110 Å². The number of Topliss-reactive ketones (excluding diaryl/α,β-unsaturated/α-hetero) is 1. The number of hydrogen-bond acceptors (Lipinski definition) is 4. The van der Waals surface area contributed by atoms with Crippen molar-refractivity contribution >= 4 is 35.0 Å². The van der Waals surface area contributed by atoms with Crippen molar-refractivity contribution in [2.45, 2.75) is 0 Å². The first kappa shape index (κ1) is 17.4. The van der Waals surface area contributed by atoms with E-state index in [0.29, 0.717) is 10.3 Å². The lowest BCUT2D eigenvalue weighted by atomic mass is 10.00. The zero-order valence-electron chi connectivity index (χ0n) is 14.6. The largest absolute Gasteiger partial charge is 0.618 e. The smallest absolute Gasteiger partial charge is 0.283 e. The van der Waals surface area contributed by atoms with E-state index >= 15 is 0 Å². The van der Waals surface area contributed by atoms with Gasteiger partial charge in [-0.05, 0) is 29.8 Å². The molecule has 0 saturated heterocycles. The fourth-order valence-electron chi connectivity index (χ4n) is 3.17. The van der Waals surface area contributed by atoms with Gasteiger partial charge in [0.1, 0.15) is 5.56 Å². The molecular formula is C22H14N2O4. The molecule has 0 fully saturated rings. The number of nitrogens with zero attached hydrogens (tertiary/aromatic N) is 2. The van der Waals surface area contributed by atoms with E-state index in [1.165, 1.54) is 12.1 Å². The maximum Gasteiger partial charge on any atom is 0.283 e. The molecule has 0 radical (unpaired) electrons. The molecule has 28 heavy (non-hydrogen) atoms. The molecule has 0 saturated carbocycles. The normalized spacial score (nSPS) is 13.2. The number of carbonyl (C=O) groups excluding carboxylic acids is 1. The summed E-state index contributed by atoms with van der Waals surface area (Å²) < 4.78 is 0.477. The van der Waals surface area contributed by atoms with Crippen molar-refractivity contribution in [1.82, 2.24) is 0 Å². The SMILES string of the molecule is O=C1C(c2ccccc2)=[N+]([O-])c2cc([N+](=O)[O-])c(/C=C/c3ccccc3)cc21. The van der Waals surface area contributed by atoms with Gasteiger partial charge in [-0.3, -0.25) is 14.9 Å². The minimum atomic E-state index is -0.552. The first-order valence-electron chi connectivity index (χ1n) is 8.56. The van der Waals surface area contributed by atoms with Crippen LogP contribution < -0.4 is 0 Å². The molecule has 0 bridgehead atoms. The summed E-state index contributed by atoms with van der Waals surface area (Å²) in [6.07, 6.45) is 3.31. The van der Waals surface area contributed by atoms with Crippen molar-refractivity contribution in [3.63, 3.8) is 0 Å². The van der Waals surface area contributed by atoms with Crippen LogP contribution >= 0.6 is 0 Å². The molecule has 0 atom stereocenters. The fraction of sp³-hybridized carbons (Fsp3) is 0. The van der Waals surface area contributed by atoms with Crippen LogP contribution in [0.5, 0.6) is 0 Å². The number of fused-ring (bicyclic) bond motifs is 1. The highest BCUT2D eigenvalue weighted by Crippen LogP contribution is 2.35.